The third-order valence-electron chi connectivity index (χ3n) is 2.49. The molecule has 0 bridgehead atoms. The van der Waals surface area contributed by atoms with Crippen LogP contribution in [0, 0.1) is 0 Å². The molecule has 1 aliphatic rings. The van der Waals surface area contributed by atoms with E-state index >= 15 is 0 Å². The first kappa shape index (κ1) is 9.18. The maximum absolute atomic E-state index is 10.5. The standard InChI is InChI=1S/C9H13N3O2/c1-6-3-2-4-8-10-7(5-9(13)14)11-12(6)8/h6H,2-5H2,1H3,(H,13,14). The van der Waals surface area contributed by atoms with Crippen LogP contribution in [-0.2, 0) is 17.6 Å². The van der Waals surface area contributed by atoms with E-state index in [0.717, 1.165) is 25.1 Å². The first-order chi connectivity index (χ1) is 6.66. The Morgan fingerprint density at radius 2 is 2.50 bits per heavy atom. The quantitative estimate of drug-likeness (QED) is 0.758. The molecule has 1 aromatic heterocycles. The molecule has 1 aliphatic heterocycles. The predicted molar refractivity (Wildman–Crippen MR) is 49.0 cm³/mol. The zero-order valence-corrected chi connectivity index (χ0v) is 8.10. The van der Waals surface area contributed by atoms with Crippen molar-refractivity contribution in [3.8, 4) is 0 Å². The summed E-state index contributed by atoms with van der Waals surface area (Å²) in [5.41, 5.74) is 0. The van der Waals surface area contributed by atoms with Crippen LogP contribution in [-0.4, -0.2) is 25.8 Å². The molecule has 1 N–H and O–H groups in total. The number of nitrogens with zero attached hydrogens (tertiary/aromatic N) is 3. The number of hydrogen-bond donors (Lipinski definition) is 1. The molecule has 1 atom stereocenters. The minimum atomic E-state index is -0.874. The first-order valence-corrected chi connectivity index (χ1v) is 4.83. The van der Waals surface area contributed by atoms with Gasteiger partial charge >= 0.3 is 5.97 Å². The largest absolute Gasteiger partial charge is 0.481 e. The molecule has 0 saturated heterocycles. The Balaban J connectivity index is 2.26. The Kier molecular flexibility index (Phi) is 2.23. The Morgan fingerprint density at radius 1 is 1.71 bits per heavy atom. The van der Waals surface area contributed by atoms with Gasteiger partial charge in [0, 0.05) is 6.42 Å². The van der Waals surface area contributed by atoms with Gasteiger partial charge in [0.25, 0.3) is 0 Å². The average molecular weight is 195 g/mol. The number of aromatic nitrogens is 3. The van der Waals surface area contributed by atoms with Crippen molar-refractivity contribution in [1.29, 1.82) is 0 Å². The van der Waals surface area contributed by atoms with Gasteiger partial charge in [0.1, 0.15) is 12.2 Å². The molecular formula is C9H13N3O2. The van der Waals surface area contributed by atoms with E-state index in [1.165, 1.54) is 0 Å². The molecule has 0 radical (unpaired) electrons. The highest BCUT2D eigenvalue weighted by atomic mass is 16.4. The topological polar surface area (TPSA) is 68.0 Å². The lowest BCUT2D eigenvalue weighted by Crippen LogP contribution is -2.16. The fourth-order valence-corrected chi connectivity index (χ4v) is 1.82. The van der Waals surface area contributed by atoms with Gasteiger partial charge in [0.05, 0.1) is 6.04 Å². The predicted octanol–water partition coefficient (Wildman–Crippen LogP) is 0.802. The van der Waals surface area contributed by atoms with Gasteiger partial charge in [-0.1, -0.05) is 0 Å². The summed E-state index contributed by atoms with van der Waals surface area (Å²) < 4.78 is 1.86. The van der Waals surface area contributed by atoms with Gasteiger partial charge in [-0.25, -0.2) is 9.67 Å². The number of carboxylic acid groups (broad SMARTS) is 1. The lowest BCUT2D eigenvalue weighted by Gasteiger charge is -2.18. The highest BCUT2D eigenvalue weighted by molar-refractivity contribution is 5.68. The molecule has 2 heterocycles. The average Bonchev–Trinajstić information content (AvgIpc) is 2.47. The van der Waals surface area contributed by atoms with Crippen LogP contribution in [0.15, 0.2) is 0 Å². The van der Waals surface area contributed by atoms with Crippen LogP contribution in [0.3, 0.4) is 0 Å². The molecule has 1 aromatic rings. The summed E-state index contributed by atoms with van der Waals surface area (Å²) in [7, 11) is 0. The van der Waals surface area contributed by atoms with Crippen molar-refractivity contribution in [2.75, 3.05) is 0 Å². The van der Waals surface area contributed by atoms with Crippen molar-refractivity contribution in [2.24, 2.45) is 0 Å². The second-order valence-electron chi connectivity index (χ2n) is 3.70. The van der Waals surface area contributed by atoms with E-state index < -0.39 is 5.97 Å². The van der Waals surface area contributed by atoms with Crippen molar-refractivity contribution < 1.29 is 9.90 Å². The summed E-state index contributed by atoms with van der Waals surface area (Å²) in [4.78, 5) is 14.7. The number of hydrogen-bond acceptors (Lipinski definition) is 3. The van der Waals surface area contributed by atoms with Gasteiger partial charge in [0.2, 0.25) is 0 Å². The smallest absolute Gasteiger partial charge is 0.311 e. The molecule has 0 fully saturated rings. The van der Waals surface area contributed by atoms with Crippen LogP contribution in [0.1, 0.15) is 37.5 Å². The van der Waals surface area contributed by atoms with E-state index in [0.29, 0.717) is 11.9 Å². The van der Waals surface area contributed by atoms with Gasteiger partial charge in [-0.05, 0) is 19.8 Å². The summed E-state index contributed by atoms with van der Waals surface area (Å²) in [5.74, 6) is 0.488. The van der Waals surface area contributed by atoms with Crippen molar-refractivity contribution in [2.45, 2.75) is 38.6 Å². The minimum absolute atomic E-state index is 0.0767. The van der Waals surface area contributed by atoms with E-state index in [1.54, 1.807) is 0 Å². The highest BCUT2D eigenvalue weighted by Gasteiger charge is 2.20. The molecule has 0 spiro atoms. The normalized spacial score (nSPS) is 20.5. The number of fused-ring (bicyclic) bond motifs is 1. The van der Waals surface area contributed by atoms with Gasteiger partial charge in [0.15, 0.2) is 5.82 Å². The van der Waals surface area contributed by atoms with E-state index in [2.05, 4.69) is 17.0 Å². The summed E-state index contributed by atoms with van der Waals surface area (Å²) >= 11 is 0. The molecule has 0 aromatic carbocycles. The van der Waals surface area contributed by atoms with Crippen LogP contribution in [0.2, 0.25) is 0 Å². The van der Waals surface area contributed by atoms with Crippen LogP contribution >= 0.6 is 0 Å². The van der Waals surface area contributed by atoms with E-state index in [-0.39, 0.29) is 6.42 Å². The Bertz CT molecular complexity index is 359. The fourth-order valence-electron chi connectivity index (χ4n) is 1.82. The molecule has 0 aliphatic carbocycles. The molecule has 5 nitrogen and oxygen atoms in total. The summed E-state index contributed by atoms with van der Waals surface area (Å²) in [6.07, 6.45) is 3.05. The van der Waals surface area contributed by atoms with Crippen LogP contribution in [0.4, 0.5) is 0 Å². The Hall–Kier alpha value is -1.39. The van der Waals surface area contributed by atoms with Gasteiger partial charge in [-0.2, -0.15) is 5.10 Å². The summed E-state index contributed by atoms with van der Waals surface area (Å²) in [6.45, 7) is 2.09. The molecular weight excluding hydrogens is 182 g/mol. The van der Waals surface area contributed by atoms with Crippen molar-refractivity contribution in [3.05, 3.63) is 11.6 Å². The summed E-state index contributed by atoms with van der Waals surface area (Å²) in [6, 6.07) is 0.355. The SMILES string of the molecule is CC1CCCc2nc(CC(=O)O)nn21. The zero-order valence-electron chi connectivity index (χ0n) is 8.10. The van der Waals surface area contributed by atoms with Gasteiger partial charge < -0.3 is 5.11 Å². The number of carboxylic acids is 1. The molecule has 5 heteroatoms. The number of carbonyl (C=O) groups is 1. The maximum atomic E-state index is 10.5. The molecule has 76 valence electrons. The lowest BCUT2D eigenvalue weighted by molar-refractivity contribution is -0.136. The summed E-state index contributed by atoms with van der Waals surface area (Å²) in [5, 5.41) is 12.8. The van der Waals surface area contributed by atoms with Crippen LogP contribution < -0.4 is 0 Å². The van der Waals surface area contributed by atoms with E-state index in [1.807, 2.05) is 4.68 Å². The molecule has 1 unspecified atom stereocenters. The zero-order chi connectivity index (χ0) is 10.1. The van der Waals surface area contributed by atoms with Crippen LogP contribution in [0.5, 0.6) is 0 Å². The third-order valence-corrected chi connectivity index (χ3v) is 2.49. The number of aliphatic carboxylic acids is 1. The first-order valence-electron chi connectivity index (χ1n) is 4.83. The van der Waals surface area contributed by atoms with Crippen molar-refractivity contribution >= 4 is 5.97 Å². The second kappa shape index (κ2) is 3.40. The Labute approximate surface area is 81.8 Å². The number of aryl methyl sites for hydroxylation is 1. The molecule has 2 rings (SSSR count). The molecule has 14 heavy (non-hydrogen) atoms. The van der Waals surface area contributed by atoms with Gasteiger partial charge in [-0.3, -0.25) is 4.79 Å². The maximum Gasteiger partial charge on any atom is 0.311 e. The Morgan fingerprint density at radius 3 is 3.14 bits per heavy atom. The third kappa shape index (κ3) is 1.62. The van der Waals surface area contributed by atoms with E-state index in [4.69, 9.17) is 5.11 Å². The fraction of sp³-hybridized carbons (Fsp3) is 0.667. The number of rotatable bonds is 2. The monoisotopic (exact) mass is 195 g/mol. The molecule has 0 saturated carbocycles. The second-order valence-corrected chi connectivity index (χ2v) is 3.70. The van der Waals surface area contributed by atoms with E-state index in [9.17, 15) is 4.79 Å². The van der Waals surface area contributed by atoms with Crippen molar-refractivity contribution in [1.82, 2.24) is 14.8 Å². The minimum Gasteiger partial charge on any atom is -0.481 e. The van der Waals surface area contributed by atoms with Gasteiger partial charge in [-0.15, -0.1) is 0 Å². The molecule has 0 amide bonds. The van der Waals surface area contributed by atoms with Crippen molar-refractivity contribution in [3.63, 3.8) is 0 Å². The highest BCUT2D eigenvalue weighted by Crippen LogP contribution is 2.22. The lowest BCUT2D eigenvalue weighted by atomic mass is 10.1. The van der Waals surface area contributed by atoms with Crippen LogP contribution in [0.25, 0.3) is 0 Å².